The summed E-state index contributed by atoms with van der Waals surface area (Å²) in [7, 11) is 0. The Balaban J connectivity index is 2.20. The zero-order valence-electron chi connectivity index (χ0n) is 7.70. The van der Waals surface area contributed by atoms with Crippen LogP contribution in [0.1, 0.15) is 10.4 Å². The maximum Gasteiger partial charge on any atom is 0.173 e. The van der Waals surface area contributed by atoms with E-state index in [1.54, 1.807) is 0 Å². The summed E-state index contributed by atoms with van der Waals surface area (Å²) in [5, 5.41) is 0. The molecule has 1 atom stereocenters. The van der Waals surface area contributed by atoms with Crippen LogP contribution in [0.15, 0.2) is 12.1 Å². The standard InChI is InChI=1S/C10H8F2O3/c11-8-1-2-9(7(3-13)10(8)12)15-5-6-4-14-6/h1-3,6H,4-5H2/t6-/m1/s1. The molecule has 1 aliphatic heterocycles. The molecule has 0 aliphatic carbocycles. The molecule has 1 aromatic rings. The van der Waals surface area contributed by atoms with Gasteiger partial charge in [0.25, 0.3) is 0 Å². The lowest BCUT2D eigenvalue weighted by Gasteiger charge is -2.07. The van der Waals surface area contributed by atoms with Gasteiger partial charge in [-0.1, -0.05) is 0 Å². The van der Waals surface area contributed by atoms with E-state index >= 15 is 0 Å². The minimum atomic E-state index is -1.18. The van der Waals surface area contributed by atoms with Crippen LogP contribution in [0.3, 0.4) is 0 Å². The highest BCUT2D eigenvalue weighted by molar-refractivity contribution is 5.79. The molecule has 0 aromatic heterocycles. The maximum atomic E-state index is 13.1. The van der Waals surface area contributed by atoms with Crippen molar-refractivity contribution in [2.45, 2.75) is 6.10 Å². The van der Waals surface area contributed by atoms with Crippen molar-refractivity contribution in [3.8, 4) is 5.75 Å². The molecule has 3 nitrogen and oxygen atoms in total. The molecule has 0 spiro atoms. The summed E-state index contributed by atoms with van der Waals surface area (Å²) in [5.74, 6) is -2.20. The molecule has 0 unspecified atom stereocenters. The first-order valence-corrected chi connectivity index (χ1v) is 4.40. The Hall–Kier alpha value is -1.49. The van der Waals surface area contributed by atoms with Crippen molar-refractivity contribution in [1.82, 2.24) is 0 Å². The number of hydrogen-bond donors (Lipinski definition) is 0. The molecule has 1 saturated heterocycles. The van der Waals surface area contributed by atoms with Gasteiger partial charge in [-0.15, -0.1) is 0 Å². The van der Waals surface area contributed by atoms with Crippen LogP contribution in [-0.2, 0) is 4.74 Å². The van der Waals surface area contributed by atoms with E-state index in [1.807, 2.05) is 0 Å². The van der Waals surface area contributed by atoms with E-state index in [4.69, 9.17) is 9.47 Å². The molecule has 5 heteroatoms. The normalized spacial score (nSPS) is 18.7. The Morgan fingerprint density at radius 3 is 2.87 bits per heavy atom. The second-order valence-corrected chi connectivity index (χ2v) is 3.16. The summed E-state index contributed by atoms with van der Waals surface area (Å²) >= 11 is 0. The van der Waals surface area contributed by atoms with Crippen molar-refractivity contribution >= 4 is 6.29 Å². The molecule has 1 aliphatic rings. The van der Waals surface area contributed by atoms with Gasteiger partial charge in [0.15, 0.2) is 17.9 Å². The fourth-order valence-corrected chi connectivity index (χ4v) is 1.13. The average Bonchev–Trinajstić information content (AvgIpc) is 3.03. The summed E-state index contributed by atoms with van der Waals surface area (Å²) < 4.78 is 35.8. The predicted molar refractivity (Wildman–Crippen MR) is 47.0 cm³/mol. The van der Waals surface area contributed by atoms with Crippen LogP contribution in [0.4, 0.5) is 8.78 Å². The SMILES string of the molecule is O=Cc1c(OC[C@H]2CO2)ccc(F)c1F. The highest BCUT2D eigenvalue weighted by atomic mass is 19.2. The smallest absolute Gasteiger partial charge is 0.173 e. The molecule has 1 fully saturated rings. The van der Waals surface area contributed by atoms with Crippen LogP contribution in [0.5, 0.6) is 5.75 Å². The zero-order chi connectivity index (χ0) is 10.8. The van der Waals surface area contributed by atoms with Gasteiger partial charge in [-0.05, 0) is 12.1 Å². The first-order valence-electron chi connectivity index (χ1n) is 4.40. The summed E-state index contributed by atoms with van der Waals surface area (Å²) in [4.78, 5) is 10.5. The van der Waals surface area contributed by atoms with Crippen molar-refractivity contribution < 1.29 is 23.0 Å². The van der Waals surface area contributed by atoms with Crippen LogP contribution >= 0.6 is 0 Å². The van der Waals surface area contributed by atoms with E-state index in [2.05, 4.69) is 0 Å². The molecule has 0 amide bonds. The third-order valence-electron chi connectivity index (χ3n) is 2.04. The van der Waals surface area contributed by atoms with Crippen LogP contribution in [-0.4, -0.2) is 25.6 Å². The molecule has 0 radical (unpaired) electrons. The first-order chi connectivity index (χ1) is 7.22. The lowest BCUT2D eigenvalue weighted by molar-refractivity contribution is 0.111. The number of rotatable bonds is 4. The summed E-state index contributed by atoms with van der Waals surface area (Å²) in [6, 6.07) is 2.15. The average molecular weight is 214 g/mol. The van der Waals surface area contributed by atoms with Crippen LogP contribution < -0.4 is 4.74 Å². The fraction of sp³-hybridized carbons (Fsp3) is 0.300. The quantitative estimate of drug-likeness (QED) is 0.564. The van der Waals surface area contributed by atoms with Gasteiger partial charge < -0.3 is 9.47 Å². The minimum Gasteiger partial charge on any atom is -0.490 e. The van der Waals surface area contributed by atoms with E-state index in [9.17, 15) is 13.6 Å². The molecule has 0 N–H and O–H groups in total. The van der Waals surface area contributed by atoms with E-state index in [-0.39, 0.29) is 24.7 Å². The second kappa shape index (κ2) is 3.94. The van der Waals surface area contributed by atoms with Crippen molar-refractivity contribution in [3.63, 3.8) is 0 Å². The summed E-state index contributed by atoms with van der Waals surface area (Å²) in [6.07, 6.45) is 0.235. The largest absolute Gasteiger partial charge is 0.490 e. The molecule has 2 rings (SSSR count). The Bertz CT molecular complexity index is 388. The van der Waals surface area contributed by atoms with Crippen molar-refractivity contribution in [2.75, 3.05) is 13.2 Å². The number of epoxide rings is 1. The number of aldehydes is 1. The highest BCUT2D eigenvalue weighted by Gasteiger charge is 2.24. The van der Waals surface area contributed by atoms with Gasteiger partial charge in [-0.25, -0.2) is 8.78 Å². The minimum absolute atomic E-state index is 0.00221. The van der Waals surface area contributed by atoms with E-state index in [1.165, 1.54) is 6.07 Å². The second-order valence-electron chi connectivity index (χ2n) is 3.16. The number of hydrogen-bond acceptors (Lipinski definition) is 3. The predicted octanol–water partition coefficient (Wildman–Crippen LogP) is 1.55. The fourth-order valence-electron chi connectivity index (χ4n) is 1.13. The van der Waals surface area contributed by atoms with Crippen molar-refractivity contribution in [2.24, 2.45) is 0 Å². The van der Waals surface area contributed by atoms with Crippen LogP contribution in [0, 0.1) is 11.6 Å². The van der Waals surface area contributed by atoms with Crippen LogP contribution in [0.2, 0.25) is 0 Å². The Kier molecular flexibility index (Phi) is 2.64. The Morgan fingerprint density at radius 1 is 1.53 bits per heavy atom. The first kappa shape index (κ1) is 10.0. The number of carbonyl (C=O) groups excluding carboxylic acids is 1. The van der Waals surface area contributed by atoms with Gasteiger partial charge in [-0.2, -0.15) is 0 Å². The molecule has 1 heterocycles. The molecular formula is C10H8F2O3. The maximum absolute atomic E-state index is 13.1. The zero-order valence-corrected chi connectivity index (χ0v) is 7.70. The highest BCUT2D eigenvalue weighted by Crippen LogP contribution is 2.23. The van der Waals surface area contributed by atoms with Crippen molar-refractivity contribution in [3.05, 3.63) is 29.3 Å². The summed E-state index contributed by atoms with van der Waals surface area (Å²) in [5.41, 5.74) is -0.393. The van der Waals surface area contributed by atoms with Gasteiger partial charge in [0.2, 0.25) is 0 Å². The Labute approximate surface area is 84.6 Å². The number of benzene rings is 1. The number of halogens is 2. The van der Waals surface area contributed by atoms with Crippen molar-refractivity contribution in [1.29, 1.82) is 0 Å². The molecule has 15 heavy (non-hydrogen) atoms. The molecule has 80 valence electrons. The van der Waals surface area contributed by atoms with Gasteiger partial charge in [0, 0.05) is 0 Å². The monoisotopic (exact) mass is 214 g/mol. The lowest BCUT2D eigenvalue weighted by Crippen LogP contribution is -2.07. The third kappa shape index (κ3) is 2.12. The molecule has 0 bridgehead atoms. The molecule has 0 saturated carbocycles. The van der Waals surface area contributed by atoms with E-state index in [0.29, 0.717) is 6.61 Å². The molecular weight excluding hydrogens is 206 g/mol. The summed E-state index contributed by atoms with van der Waals surface area (Å²) in [6.45, 7) is 0.839. The van der Waals surface area contributed by atoms with Gasteiger partial charge in [0.05, 0.1) is 12.2 Å². The third-order valence-corrected chi connectivity index (χ3v) is 2.04. The van der Waals surface area contributed by atoms with E-state index < -0.39 is 17.2 Å². The van der Waals surface area contributed by atoms with Gasteiger partial charge in [-0.3, -0.25) is 4.79 Å². The lowest BCUT2D eigenvalue weighted by atomic mass is 10.2. The molecule has 1 aromatic carbocycles. The number of carbonyl (C=O) groups is 1. The topological polar surface area (TPSA) is 38.8 Å². The van der Waals surface area contributed by atoms with E-state index in [0.717, 1.165) is 6.07 Å². The number of ether oxygens (including phenoxy) is 2. The van der Waals surface area contributed by atoms with Crippen LogP contribution in [0.25, 0.3) is 0 Å². The van der Waals surface area contributed by atoms with Gasteiger partial charge >= 0.3 is 0 Å². The van der Waals surface area contributed by atoms with Gasteiger partial charge in [0.1, 0.15) is 18.5 Å². The Morgan fingerprint density at radius 2 is 2.27 bits per heavy atom.